The number of nitrogens with zero attached hydrogens (tertiary/aromatic N) is 2. The average molecular weight is 275 g/mol. The second-order valence-electron chi connectivity index (χ2n) is 4.51. The molecule has 0 amide bonds. The maximum atomic E-state index is 8.70. The van der Waals surface area contributed by atoms with E-state index in [0.29, 0.717) is 6.42 Å². The van der Waals surface area contributed by atoms with E-state index in [9.17, 15) is 0 Å². The zero-order valence-electron chi connectivity index (χ0n) is 9.20. The summed E-state index contributed by atoms with van der Waals surface area (Å²) < 4.78 is 1.03. The fourth-order valence-electron chi connectivity index (χ4n) is 2.34. The Bertz CT molecular complexity index is 455. The van der Waals surface area contributed by atoms with Gasteiger partial charge in [0.15, 0.2) is 0 Å². The van der Waals surface area contributed by atoms with E-state index in [4.69, 9.17) is 13.2 Å². The standard InChI is InChI=1S/C12H12BBrN2/c1-12(5-2-6-15)8-16(13)11-7-9(14)3-4-10(11)12/h3-4,7H,2,5,8H2,1H3. The number of benzene rings is 1. The van der Waals surface area contributed by atoms with Crippen LogP contribution < -0.4 is 4.81 Å². The third kappa shape index (κ3) is 1.85. The Morgan fingerprint density at radius 1 is 1.62 bits per heavy atom. The second kappa shape index (κ2) is 4.14. The molecule has 0 aliphatic carbocycles. The molecule has 1 unspecified atom stereocenters. The molecule has 1 aromatic carbocycles. The van der Waals surface area contributed by atoms with E-state index in [1.807, 2.05) is 12.1 Å². The minimum absolute atomic E-state index is 0.000509. The van der Waals surface area contributed by atoms with Gasteiger partial charge in [0, 0.05) is 28.5 Å². The van der Waals surface area contributed by atoms with Crippen LogP contribution in [0.4, 0.5) is 5.69 Å². The summed E-state index contributed by atoms with van der Waals surface area (Å²) in [7, 11) is 5.99. The third-order valence-corrected chi connectivity index (χ3v) is 3.72. The lowest BCUT2D eigenvalue weighted by atomic mass is 9.80. The molecule has 1 aromatic rings. The van der Waals surface area contributed by atoms with Crippen LogP contribution in [0.1, 0.15) is 25.3 Å². The van der Waals surface area contributed by atoms with Crippen molar-refractivity contribution in [3.8, 4) is 6.07 Å². The smallest absolute Gasteiger partial charge is 0.226 e. The van der Waals surface area contributed by atoms with E-state index in [1.165, 1.54) is 5.56 Å². The summed E-state index contributed by atoms with van der Waals surface area (Å²) in [5.74, 6) is 0. The van der Waals surface area contributed by atoms with Crippen molar-refractivity contribution in [2.24, 2.45) is 0 Å². The first kappa shape index (κ1) is 11.5. The third-order valence-electron chi connectivity index (χ3n) is 3.23. The van der Waals surface area contributed by atoms with Gasteiger partial charge in [0.2, 0.25) is 7.98 Å². The second-order valence-corrected chi connectivity index (χ2v) is 5.42. The first-order valence-electron chi connectivity index (χ1n) is 5.26. The number of halogens is 1. The molecule has 2 rings (SSSR count). The molecule has 0 spiro atoms. The summed E-state index contributed by atoms with van der Waals surface area (Å²) in [4.78, 5) is 1.78. The van der Waals surface area contributed by atoms with Gasteiger partial charge in [-0.3, -0.25) is 0 Å². The maximum Gasteiger partial charge on any atom is 0.226 e. The molecule has 0 N–H and O–H groups in total. The molecule has 1 aliphatic rings. The van der Waals surface area contributed by atoms with Crippen molar-refractivity contribution in [1.82, 2.24) is 0 Å². The number of anilines is 1. The van der Waals surface area contributed by atoms with Crippen LogP contribution in [-0.4, -0.2) is 14.5 Å². The van der Waals surface area contributed by atoms with Crippen molar-refractivity contribution in [1.29, 1.82) is 5.26 Å². The highest BCUT2D eigenvalue weighted by Crippen LogP contribution is 2.43. The molecule has 80 valence electrons. The van der Waals surface area contributed by atoms with E-state index >= 15 is 0 Å². The molecule has 0 aromatic heterocycles. The van der Waals surface area contributed by atoms with Crippen molar-refractivity contribution in [2.45, 2.75) is 25.2 Å². The lowest BCUT2D eigenvalue weighted by molar-refractivity contribution is 0.478. The summed E-state index contributed by atoms with van der Waals surface area (Å²) >= 11 is 3.45. The minimum atomic E-state index is 0.000509. The summed E-state index contributed by atoms with van der Waals surface area (Å²) in [6.45, 7) is 2.95. The van der Waals surface area contributed by atoms with Gasteiger partial charge < -0.3 is 4.81 Å². The highest BCUT2D eigenvalue weighted by atomic mass is 79.9. The first-order chi connectivity index (χ1) is 7.57. The molecule has 4 heteroatoms. The van der Waals surface area contributed by atoms with Gasteiger partial charge in [-0.05, 0) is 24.1 Å². The molecule has 16 heavy (non-hydrogen) atoms. The summed E-state index contributed by atoms with van der Waals surface area (Å²) in [6, 6.07) is 8.37. The molecule has 0 bridgehead atoms. The molecule has 2 radical (unpaired) electrons. The molecule has 2 nitrogen and oxygen atoms in total. The van der Waals surface area contributed by atoms with Gasteiger partial charge in [0.1, 0.15) is 0 Å². The van der Waals surface area contributed by atoms with Gasteiger partial charge in [0.25, 0.3) is 0 Å². The molecule has 1 aliphatic heterocycles. The van der Waals surface area contributed by atoms with Gasteiger partial charge >= 0.3 is 0 Å². The highest BCUT2D eigenvalue weighted by Gasteiger charge is 2.36. The summed E-state index contributed by atoms with van der Waals surface area (Å²) in [5.41, 5.74) is 2.31. The Balaban J connectivity index is 2.39. The van der Waals surface area contributed by atoms with Crippen LogP contribution >= 0.6 is 15.9 Å². The van der Waals surface area contributed by atoms with Crippen molar-refractivity contribution >= 4 is 29.6 Å². The number of hydrogen-bond acceptors (Lipinski definition) is 2. The molecule has 0 saturated heterocycles. The van der Waals surface area contributed by atoms with Crippen LogP contribution in [-0.2, 0) is 5.41 Å². The van der Waals surface area contributed by atoms with Gasteiger partial charge in [-0.1, -0.05) is 28.9 Å². The van der Waals surface area contributed by atoms with E-state index in [1.54, 1.807) is 4.81 Å². The predicted molar refractivity (Wildman–Crippen MR) is 69.4 cm³/mol. The fraction of sp³-hybridized carbons (Fsp3) is 0.417. The monoisotopic (exact) mass is 274 g/mol. The van der Waals surface area contributed by atoms with Crippen molar-refractivity contribution in [3.05, 3.63) is 28.2 Å². The average Bonchev–Trinajstić information content (AvgIpc) is 2.49. The van der Waals surface area contributed by atoms with Crippen molar-refractivity contribution < 1.29 is 0 Å². The minimum Gasteiger partial charge on any atom is -0.424 e. The van der Waals surface area contributed by atoms with Crippen LogP contribution in [0.25, 0.3) is 0 Å². The van der Waals surface area contributed by atoms with Crippen molar-refractivity contribution in [2.75, 3.05) is 11.4 Å². The Kier molecular flexibility index (Phi) is 2.99. The predicted octanol–water partition coefficient (Wildman–Crippen LogP) is 2.91. The lowest BCUT2D eigenvalue weighted by Crippen LogP contribution is -2.29. The molecule has 1 heterocycles. The number of fused-ring (bicyclic) bond motifs is 1. The number of rotatable bonds is 2. The van der Waals surface area contributed by atoms with Gasteiger partial charge in [-0.15, -0.1) is 0 Å². The first-order valence-corrected chi connectivity index (χ1v) is 6.05. The molecular weight excluding hydrogens is 263 g/mol. The van der Waals surface area contributed by atoms with Gasteiger partial charge in [-0.2, -0.15) is 5.26 Å². The lowest BCUT2D eigenvalue weighted by Gasteiger charge is -2.24. The molecule has 1 atom stereocenters. The Morgan fingerprint density at radius 3 is 3.06 bits per heavy atom. The topological polar surface area (TPSA) is 27.0 Å². The normalized spacial score (nSPS) is 22.9. The van der Waals surface area contributed by atoms with Crippen molar-refractivity contribution in [3.63, 3.8) is 0 Å². The molecule has 0 saturated carbocycles. The van der Waals surface area contributed by atoms with E-state index in [2.05, 4.69) is 35.0 Å². The van der Waals surface area contributed by atoms with E-state index < -0.39 is 0 Å². The quantitative estimate of drug-likeness (QED) is 0.776. The summed E-state index contributed by atoms with van der Waals surface area (Å²) in [6.07, 6.45) is 1.42. The van der Waals surface area contributed by atoms with Gasteiger partial charge in [0.05, 0.1) is 6.07 Å². The Labute approximate surface area is 106 Å². The zero-order valence-corrected chi connectivity index (χ0v) is 10.8. The number of hydrogen-bond donors (Lipinski definition) is 0. The molecular formula is C12H12BBrN2. The summed E-state index contributed by atoms with van der Waals surface area (Å²) in [5, 5.41) is 8.70. The van der Waals surface area contributed by atoms with Gasteiger partial charge in [-0.25, -0.2) is 0 Å². The Morgan fingerprint density at radius 2 is 2.38 bits per heavy atom. The van der Waals surface area contributed by atoms with E-state index in [-0.39, 0.29) is 5.41 Å². The zero-order chi connectivity index (χ0) is 11.8. The fourth-order valence-corrected chi connectivity index (χ4v) is 2.69. The van der Waals surface area contributed by atoms with Crippen LogP contribution in [0.15, 0.2) is 22.7 Å². The van der Waals surface area contributed by atoms with Crippen LogP contribution in [0.3, 0.4) is 0 Å². The maximum absolute atomic E-state index is 8.70. The SMILES string of the molecule is [B]N1CC(C)(CCC#N)c2ccc(Br)cc21. The van der Waals surface area contributed by atoms with Crippen LogP contribution in [0.5, 0.6) is 0 Å². The van der Waals surface area contributed by atoms with E-state index in [0.717, 1.165) is 23.1 Å². The number of nitriles is 1. The molecule has 0 fully saturated rings. The van der Waals surface area contributed by atoms with Crippen LogP contribution in [0.2, 0.25) is 0 Å². The Hall–Kier alpha value is -0.945. The van der Waals surface area contributed by atoms with Crippen LogP contribution in [0, 0.1) is 11.3 Å². The highest BCUT2D eigenvalue weighted by molar-refractivity contribution is 9.10. The largest absolute Gasteiger partial charge is 0.424 e.